The monoisotopic (exact) mass is 242 g/mol. The minimum Gasteiger partial charge on any atom is -0.396 e. The maximum Gasteiger partial charge on any atom is 0.0499 e. The van der Waals surface area contributed by atoms with Crippen LogP contribution in [0.1, 0.15) is 46.5 Å². The van der Waals surface area contributed by atoms with E-state index in [9.17, 15) is 5.11 Å². The van der Waals surface area contributed by atoms with E-state index in [1.165, 1.54) is 25.9 Å². The zero-order valence-corrected chi connectivity index (χ0v) is 11.8. The van der Waals surface area contributed by atoms with Crippen LogP contribution in [0.25, 0.3) is 0 Å². The van der Waals surface area contributed by atoms with Gasteiger partial charge in [0.1, 0.15) is 0 Å². The van der Waals surface area contributed by atoms with Crippen molar-refractivity contribution in [3.8, 4) is 0 Å². The van der Waals surface area contributed by atoms with Gasteiger partial charge in [0.2, 0.25) is 0 Å². The lowest BCUT2D eigenvalue weighted by Crippen LogP contribution is -2.44. The summed E-state index contributed by atoms with van der Waals surface area (Å²) < 4.78 is 0. The average Bonchev–Trinajstić information content (AvgIpc) is 2.84. The molecular formula is C14H30N2O. The number of hydrogen-bond acceptors (Lipinski definition) is 3. The summed E-state index contributed by atoms with van der Waals surface area (Å²) in [6.45, 7) is 11.5. The molecule has 1 aliphatic rings. The van der Waals surface area contributed by atoms with Crippen LogP contribution in [0.2, 0.25) is 0 Å². The minimum atomic E-state index is 0.0826. The highest BCUT2D eigenvalue weighted by molar-refractivity contribution is 4.81. The number of nitrogens with zero attached hydrogens (tertiary/aromatic N) is 1. The van der Waals surface area contributed by atoms with Crippen molar-refractivity contribution in [3.63, 3.8) is 0 Å². The Morgan fingerprint density at radius 3 is 2.29 bits per heavy atom. The quantitative estimate of drug-likeness (QED) is 0.682. The van der Waals surface area contributed by atoms with Gasteiger partial charge in [-0.2, -0.15) is 0 Å². The fraction of sp³-hybridized carbons (Fsp3) is 1.00. The molecule has 1 heterocycles. The van der Waals surface area contributed by atoms with Crippen LogP contribution in [0.3, 0.4) is 0 Å². The summed E-state index contributed by atoms with van der Waals surface area (Å²) in [5.41, 5.74) is 0.0826. The number of aliphatic hydroxyl groups is 1. The number of aliphatic hydroxyl groups excluding tert-OH is 1. The molecule has 0 radical (unpaired) electrons. The van der Waals surface area contributed by atoms with Crippen LogP contribution in [0.4, 0.5) is 0 Å². The van der Waals surface area contributed by atoms with E-state index in [2.05, 4.69) is 31.0 Å². The van der Waals surface area contributed by atoms with Gasteiger partial charge in [-0.15, -0.1) is 0 Å². The molecule has 2 N–H and O–H groups in total. The van der Waals surface area contributed by atoms with E-state index >= 15 is 0 Å². The Kier molecular flexibility index (Phi) is 6.45. The molecule has 3 heteroatoms. The van der Waals surface area contributed by atoms with Crippen molar-refractivity contribution in [2.75, 3.05) is 32.8 Å². The van der Waals surface area contributed by atoms with E-state index in [0.29, 0.717) is 12.6 Å². The van der Waals surface area contributed by atoms with E-state index in [1.54, 1.807) is 0 Å². The van der Waals surface area contributed by atoms with Crippen LogP contribution in [0.15, 0.2) is 0 Å². The Bertz CT molecular complexity index is 190. The van der Waals surface area contributed by atoms with Gasteiger partial charge in [0.25, 0.3) is 0 Å². The molecule has 0 aromatic heterocycles. The van der Waals surface area contributed by atoms with E-state index in [1.807, 2.05) is 0 Å². The molecule has 1 unspecified atom stereocenters. The van der Waals surface area contributed by atoms with Crippen molar-refractivity contribution in [3.05, 3.63) is 0 Å². The first-order valence-electron chi connectivity index (χ1n) is 7.22. The topological polar surface area (TPSA) is 35.5 Å². The van der Waals surface area contributed by atoms with E-state index < -0.39 is 0 Å². The van der Waals surface area contributed by atoms with Gasteiger partial charge in [-0.05, 0) is 45.7 Å². The highest BCUT2D eigenvalue weighted by Gasteiger charge is 2.25. The van der Waals surface area contributed by atoms with Crippen LogP contribution in [0.5, 0.6) is 0 Å². The van der Waals surface area contributed by atoms with Gasteiger partial charge in [0, 0.05) is 31.2 Å². The summed E-state index contributed by atoms with van der Waals surface area (Å²) >= 11 is 0. The Morgan fingerprint density at radius 2 is 1.82 bits per heavy atom. The number of likely N-dealkylation sites (tertiary alicyclic amines) is 1. The minimum absolute atomic E-state index is 0.0826. The molecule has 0 aliphatic carbocycles. The van der Waals surface area contributed by atoms with E-state index in [-0.39, 0.29) is 5.41 Å². The molecule has 1 fully saturated rings. The molecular weight excluding hydrogens is 212 g/mol. The van der Waals surface area contributed by atoms with E-state index in [4.69, 9.17) is 0 Å². The third-order valence-corrected chi connectivity index (χ3v) is 4.39. The lowest BCUT2D eigenvalue weighted by Gasteiger charge is -2.32. The van der Waals surface area contributed by atoms with Crippen LogP contribution in [-0.4, -0.2) is 48.8 Å². The van der Waals surface area contributed by atoms with Crippen molar-refractivity contribution in [1.29, 1.82) is 0 Å². The van der Waals surface area contributed by atoms with Crippen LogP contribution < -0.4 is 5.32 Å². The maximum atomic E-state index is 9.52. The first kappa shape index (κ1) is 14.9. The van der Waals surface area contributed by atoms with E-state index in [0.717, 1.165) is 25.9 Å². The third-order valence-electron chi connectivity index (χ3n) is 4.39. The molecule has 0 bridgehead atoms. The molecule has 0 aromatic carbocycles. The SMILES string of the molecule is CCC(CC)(CO)CNC(C)CN1CCCC1. The fourth-order valence-electron chi connectivity index (χ4n) is 2.59. The molecule has 0 spiro atoms. The summed E-state index contributed by atoms with van der Waals surface area (Å²) in [5.74, 6) is 0. The molecule has 1 rings (SSSR count). The van der Waals surface area contributed by atoms with Crippen LogP contribution in [-0.2, 0) is 0 Å². The van der Waals surface area contributed by atoms with Crippen LogP contribution in [0, 0.1) is 5.41 Å². The summed E-state index contributed by atoms with van der Waals surface area (Å²) in [5, 5.41) is 13.1. The fourth-order valence-corrected chi connectivity index (χ4v) is 2.59. The lowest BCUT2D eigenvalue weighted by atomic mass is 9.83. The second-order valence-corrected chi connectivity index (χ2v) is 5.65. The first-order valence-corrected chi connectivity index (χ1v) is 7.22. The van der Waals surface area contributed by atoms with Crippen molar-refractivity contribution < 1.29 is 5.11 Å². The van der Waals surface area contributed by atoms with Gasteiger partial charge < -0.3 is 15.3 Å². The van der Waals surface area contributed by atoms with Gasteiger partial charge in [-0.25, -0.2) is 0 Å². The lowest BCUT2D eigenvalue weighted by molar-refractivity contribution is 0.108. The van der Waals surface area contributed by atoms with Crippen molar-refractivity contribution >= 4 is 0 Å². The molecule has 0 saturated carbocycles. The largest absolute Gasteiger partial charge is 0.396 e. The highest BCUT2D eigenvalue weighted by atomic mass is 16.3. The zero-order chi connectivity index (χ0) is 12.7. The Balaban J connectivity index is 2.27. The maximum absolute atomic E-state index is 9.52. The van der Waals surface area contributed by atoms with Gasteiger partial charge in [-0.1, -0.05) is 13.8 Å². The molecule has 17 heavy (non-hydrogen) atoms. The predicted octanol–water partition coefficient (Wildman–Crippen LogP) is 1.86. The summed E-state index contributed by atoms with van der Waals surface area (Å²) in [6.07, 6.45) is 4.81. The van der Waals surface area contributed by atoms with Gasteiger partial charge in [0.05, 0.1) is 0 Å². The second kappa shape index (κ2) is 7.34. The number of hydrogen-bond donors (Lipinski definition) is 2. The predicted molar refractivity (Wildman–Crippen MR) is 73.2 cm³/mol. The molecule has 3 nitrogen and oxygen atoms in total. The van der Waals surface area contributed by atoms with Crippen molar-refractivity contribution in [2.24, 2.45) is 5.41 Å². The molecule has 0 amide bonds. The number of rotatable bonds is 8. The molecule has 1 aliphatic heterocycles. The first-order chi connectivity index (χ1) is 8.15. The third kappa shape index (κ3) is 4.57. The molecule has 102 valence electrons. The van der Waals surface area contributed by atoms with Gasteiger partial charge >= 0.3 is 0 Å². The van der Waals surface area contributed by atoms with Crippen LogP contribution >= 0.6 is 0 Å². The summed E-state index contributed by atoms with van der Waals surface area (Å²) in [4.78, 5) is 2.54. The molecule has 1 atom stereocenters. The Labute approximate surface area is 107 Å². The summed E-state index contributed by atoms with van der Waals surface area (Å²) in [7, 11) is 0. The Hall–Kier alpha value is -0.120. The molecule has 1 saturated heterocycles. The van der Waals surface area contributed by atoms with Crippen molar-refractivity contribution in [1.82, 2.24) is 10.2 Å². The van der Waals surface area contributed by atoms with Crippen molar-refractivity contribution in [2.45, 2.75) is 52.5 Å². The molecule has 0 aromatic rings. The highest BCUT2D eigenvalue weighted by Crippen LogP contribution is 2.24. The Morgan fingerprint density at radius 1 is 1.24 bits per heavy atom. The smallest absolute Gasteiger partial charge is 0.0499 e. The standard InChI is InChI=1S/C14H30N2O/c1-4-14(5-2,12-17)11-15-13(3)10-16-8-6-7-9-16/h13,15,17H,4-12H2,1-3H3. The number of nitrogens with one attached hydrogen (secondary N) is 1. The normalized spacial score (nSPS) is 19.8. The summed E-state index contributed by atoms with van der Waals surface area (Å²) in [6, 6.07) is 0.525. The second-order valence-electron chi connectivity index (χ2n) is 5.65. The average molecular weight is 242 g/mol. The van der Waals surface area contributed by atoms with Gasteiger partial charge in [0.15, 0.2) is 0 Å². The zero-order valence-electron chi connectivity index (χ0n) is 11.8. The van der Waals surface area contributed by atoms with Gasteiger partial charge in [-0.3, -0.25) is 0 Å².